The molecule has 1 aromatic heterocycles. The fourth-order valence-electron chi connectivity index (χ4n) is 3.73. The number of carbonyl (C=O) groups is 1. The summed E-state index contributed by atoms with van der Waals surface area (Å²) in [4.78, 5) is 19.3. The van der Waals surface area contributed by atoms with E-state index >= 15 is 0 Å². The molecular weight excluding hydrogens is 523 g/mol. The van der Waals surface area contributed by atoms with Gasteiger partial charge in [0.15, 0.2) is 11.5 Å². The minimum atomic E-state index is 0.00976. The number of hydrogen-bond acceptors (Lipinski definition) is 7. The van der Waals surface area contributed by atoms with Crippen molar-refractivity contribution in [3.05, 3.63) is 51.9 Å². The van der Waals surface area contributed by atoms with Crippen LogP contribution in [-0.2, 0) is 11.3 Å². The van der Waals surface area contributed by atoms with E-state index < -0.39 is 0 Å². The fraction of sp³-hybridized carbons (Fsp3) is 0.348. The number of piperidine rings is 1. The van der Waals surface area contributed by atoms with Crippen molar-refractivity contribution in [3.63, 3.8) is 0 Å². The van der Waals surface area contributed by atoms with E-state index in [0.717, 1.165) is 40.8 Å². The van der Waals surface area contributed by atoms with E-state index in [1.807, 2.05) is 42.5 Å². The Morgan fingerprint density at radius 1 is 1.12 bits per heavy atom. The number of nitrogens with one attached hydrogen (secondary N) is 1. The maximum absolute atomic E-state index is 12.6. The van der Waals surface area contributed by atoms with Gasteiger partial charge in [0.05, 0.1) is 20.8 Å². The molecule has 0 saturated carbocycles. The first-order valence-electron chi connectivity index (χ1n) is 10.4. The van der Waals surface area contributed by atoms with Crippen LogP contribution in [0.3, 0.4) is 0 Å². The highest BCUT2D eigenvalue weighted by atomic mass is 127. The van der Waals surface area contributed by atoms with Gasteiger partial charge in [-0.15, -0.1) is 0 Å². The van der Waals surface area contributed by atoms with E-state index in [0.29, 0.717) is 29.8 Å². The molecular formula is C23H25IN4O4. The number of anilines is 1. The predicted octanol–water partition coefficient (Wildman–Crippen LogP) is 4.21. The third-order valence-electron chi connectivity index (χ3n) is 5.54. The van der Waals surface area contributed by atoms with Crippen molar-refractivity contribution >= 4 is 34.2 Å². The molecule has 0 aliphatic carbocycles. The van der Waals surface area contributed by atoms with Gasteiger partial charge in [-0.05, 0) is 91.0 Å². The zero-order valence-electron chi connectivity index (χ0n) is 18.0. The van der Waals surface area contributed by atoms with E-state index in [1.54, 1.807) is 14.2 Å². The van der Waals surface area contributed by atoms with Crippen molar-refractivity contribution in [2.75, 3.05) is 32.6 Å². The van der Waals surface area contributed by atoms with Crippen LogP contribution in [0.1, 0.15) is 18.7 Å². The van der Waals surface area contributed by atoms with Crippen LogP contribution in [0.15, 0.2) is 47.0 Å². The molecule has 3 aromatic rings. The van der Waals surface area contributed by atoms with Crippen molar-refractivity contribution in [2.45, 2.75) is 19.4 Å². The maximum Gasteiger partial charge on any atom is 0.241 e. The van der Waals surface area contributed by atoms with E-state index in [4.69, 9.17) is 14.0 Å². The largest absolute Gasteiger partial charge is 0.493 e. The minimum Gasteiger partial charge on any atom is -0.493 e. The van der Waals surface area contributed by atoms with Crippen LogP contribution < -0.4 is 14.8 Å². The monoisotopic (exact) mass is 548 g/mol. The second-order valence-electron chi connectivity index (χ2n) is 7.63. The van der Waals surface area contributed by atoms with Gasteiger partial charge >= 0.3 is 0 Å². The average molecular weight is 548 g/mol. The molecule has 0 bridgehead atoms. The number of rotatable bonds is 7. The zero-order valence-corrected chi connectivity index (χ0v) is 20.2. The number of ether oxygens (including phenoxy) is 2. The number of hydrogen-bond donors (Lipinski definition) is 1. The third-order valence-corrected chi connectivity index (χ3v) is 6.26. The summed E-state index contributed by atoms with van der Waals surface area (Å²) in [6, 6.07) is 13.3. The summed E-state index contributed by atoms with van der Waals surface area (Å²) < 4.78 is 17.2. The number of likely N-dealkylation sites (tertiary alicyclic amines) is 1. The van der Waals surface area contributed by atoms with Crippen LogP contribution in [-0.4, -0.2) is 48.3 Å². The van der Waals surface area contributed by atoms with Gasteiger partial charge in [0.2, 0.25) is 17.6 Å². The summed E-state index contributed by atoms with van der Waals surface area (Å²) in [7, 11) is 3.19. The Balaban J connectivity index is 1.31. The van der Waals surface area contributed by atoms with Crippen molar-refractivity contribution in [3.8, 4) is 22.9 Å². The molecule has 168 valence electrons. The molecule has 1 amide bonds. The molecule has 0 unspecified atom stereocenters. The Morgan fingerprint density at radius 3 is 2.53 bits per heavy atom. The van der Waals surface area contributed by atoms with Crippen LogP contribution in [0, 0.1) is 9.49 Å². The van der Waals surface area contributed by atoms with E-state index in [9.17, 15) is 4.79 Å². The molecule has 32 heavy (non-hydrogen) atoms. The molecule has 0 spiro atoms. The van der Waals surface area contributed by atoms with Gasteiger partial charge < -0.3 is 19.3 Å². The lowest BCUT2D eigenvalue weighted by Gasteiger charge is -2.30. The lowest BCUT2D eigenvalue weighted by atomic mass is 9.96. The zero-order chi connectivity index (χ0) is 22.5. The van der Waals surface area contributed by atoms with Crippen LogP contribution in [0.2, 0.25) is 0 Å². The van der Waals surface area contributed by atoms with Gasteiger partial charge in [0.1, 0.15) is 0 Å². The summed E-state index contributed by atoms with van der Waals surface area (Å²) in [5.41, 5.74) is 1.63. The number of halogens is 1. The SMILES string of the molecule is COc1ccc(-c2noc(CN3CCC(C(=O)Nc4ccc(I)cc4)CC3)n2)cc1OC. The van der Waals surface area contributed by atoms with Crippen LogP contribution in [0.25, 0.3) is 11.4 Å². The highest BCUT2D eigenvalue weighted by Crippen LogP contribution is 2.31. The van der Waals surface area contributed by atoms with E-state index in [1.165, 1.54) is 0 Å². The molecule has 2 aromatic carbocycles. The number of amides is 1. The Bertz CT molecular complexity index is 1060. The summed E-state index contributed by atoms with van der Waals surface area (Å²) in [5, 5.41) is 7.13. The first-order valence-corrected chi connectivity index (χ1v) is 11.5. The Hall–Kier alpha value is -2.66. The molecule has 1 N–H and O–H groups in total. The Morgan fingerprint density at radius 2 is 1.84 bits per heavy atom. The van der Waals surface area contributed by atoms with Crippen LogP contribution in [0.5, 0.6) is 11.5 Å². The average Bonchev–Trinajstić information content (AvgIpc) is 3.29. The first kappa shape index (κ1) is 22.5. The number of aromatic nitrogens is 2. The van der Waals surface area contributed by atoms with Crippen molar-refractivity contribution in [1.82, 2.24) is 15.0 Å². The molecule has 8 nitrogen and oxygen atoms in total. The second-order valence-corrected chi connectivity index (χ2v) is 8.87. The van der Waals surface area contributed by atoms with Gasteiger partial charge in [-0.25, -0.2) is 0 Å². The summed E-state index contributed by atoms with van der Waals surface area (Å²) in [6.45, 7) is 2.17. The first-order chi connectivity index (χ1) is 15.6. The maximum atomic E-state index is 12.6. The van der Waals surface area contributed by atoms with Gasteiger partial charge in [-0.3, -0.25) is 9.69 Å². The third kappa shape index (κ3) is 5.39. The van der Waals surface area contributed by atoms with Gasteiger partial charge in [0.25, 0.3) is 0 Å². The van der Waals surface area contributed by atoms with Gasteiger partial charge in [-0.2, -0.15) is 4.98 Å². The van der Waals surface area contributed by atoms with Crippen LogP contribution in [0.4, 0.5) is 5.69 Å². The number of methoxy groups -OCH3 is 2. The summed E-state index contributed by atoms with van der Waals surface area (Å²) in [5.74, 6) is 2.41. The molecule has 9 heteroatoms. The molecule has 1 aliphatic heterocycles. The fourth-order valence-corrected chi connectivity index (χ4v) is 4.09. The molecule has 2 heterocycles. The Kier molecular flexibility index (Phi) is 7.26. The lowest BCUT2D eigenvalue weighted by molar-refractivity contribution is -0.121. The number of benzene rings is 2. The van der Waals surface area contributed by atoms with Crippen molar-refractivity contribution in [1.29, 1.82) is 0 Å². The normalized spacial score (nSPS) is 14.8. The molecule has 0 atom stereocenters. The van der Waals surface area contributed by atoms with Crippen molar-refractivity contribution in [2.24, 2.45) is 5.92 Å². The molecule has 1 aliphatic rings. The van der Waals surface area contributed by atoms with Gasteiger partial charge in [-0.1, -0.05) is 5.16 Å². The topological polar surface area (TPSA) is 89.7 Å². The molecule has 1 fully saturated rings. The molecule has 0 radical (unpaired) electrons. The van der Waals surface area contributed by atoms with Crippen LogP contribution >= 0.6 is 22.6 Å². The van der Waals surface area contributed by atoms with E-state index in [-0.39, 0.29) is 11.8 Å². The smallest absolute Gasteiger partial charge is 0.241 e. The number of nitrogens with zero attached hydrogens (tertiary/aromatic N) is 3. The lowest BCUT2D eigenvalue weighted by Crippen LogP contribution is -2.37. The highest BCUT2D eigenvalue weighted by molar-refractivity contribution is 14.1. The van der Waals surface area contributed by atoms with Gasteiger partial charge in [0, 0.05) is 20.7 Å². The minimum absolute atomic E-state index is 0.00976. The second kappa shape index (κ2) is 10.3. The van der Waals surface area contributed by atoms with Crippen molar-refractivity contribution < 1.29 is 18.8 Å². The number of carbonyl (C=O) groups excluding carboxylic acids is 1. The molecule has 4 rings (SSSR count). The Labute approximate surface area is 200 Å². The quantitative estimate of drug-likeness (QED) is 0.443. The predicted molar refractivity (Wildman–Crippen MR) is 129 cm³/mol. The van der Waals surface area contributed by atoms with E-state index in [2.05, 4.69) is 42.9 Å². The molecule has 1 saturated heterocycles. The summed E-state index contributed by atoms with van der Waals surface area (Å²) in [6.07, 6.45) is 1.60. The standard InChI is InChI=1S/C23H25IN4O4/c1-30-19-8-3-16(13-20(19)31-2)22-26-21(32-27-22)14-28-11-9-15(10-12-28)23(29)25-18-6-4-17(24)5-7-18/h3-8,13,15H,9-12,14H2,1-2H3,(H,25,29). The highest BCUT2D eigenvalue weighted by Gasteiger charge is 2.26. The summed E-state index contributed by atoms with van der Waals surface area (Å²) >= 11 is 2.25.